The van der Waals surface area contributed by atoms with Crippen molar-refractivity contribution in [2.45, 2.75) is 26.2 Å². The largest absolute Gasteiger partial charge is 0.478 e. The number of hydrogen-bond acceptors (Lipinski definition) is 2. The van der Waals surface area contributed by atoms with Gasteiger partial charge in [0.15, 0.2) is 0 Å². The van der Waals surface area contributed by atoms with Crippen LogP contribution in [0.4, 0.5) is 4.39 Å². The summed E-state index contributed by atoms with van der Waals surface area (Å²) in [4.78, 5) is 10.9. The molecule has 0 radical (unpaired) electrons. The first-order chi connectivity index (χ1) is 16.5. The minimum Gasteiger partial charge on any atom is -0.478 e. The third-order valence-corrected chi connectivity index (χ3v) is 6.64. The number of H-pyrrole nitrogens is 1. The lowest BCUT2D eigenvalue weighted by molar-refractivity contribution is -0.131. The molecule has 0 atom stereocenters. The standard InChI is InChI=1S/C29H25FN2O2/c1-18-5-2-3-8-23(18)28(20-6-4-7-20)27(21-12-9-19(10-13-21)11-16-26(33)34)22-14-15-25-24(17-22)29(30)32-31-25/h2-3,5,8-17,20H,4,6-7H2,1H3,(H,31,32)(H,33,34)/b16-11+,28-27+. The normalized spacial score (nSPS) is 14.9. The average molecular weight is 453 g/mol. The number of carboxylic acid groups (broad SMARTS) is 1. The number of allylic oxidation sites excluding steroid dienone is 1. The summed E-state index contributed by atoms with van der Waals surface area (Å²) in [5, 5.41) is 15.9. The summed E-state index contributed by atoms with van der Waals surface area (Å²) in [7, 11) is 0. The summed E-state index contributed by atoms with van der Waals surface area (Å²) < 4.78 is 14.4. The fraction of sp³-hybridized carbons (Fsp3) is 0.172. The molecule has 1 heterocycles. The first kappa shape index (κ1) is 21.8. The third kappa shape index (κ3) is 4.17. The highest BCUT2D eigenvalue weighted by Crippen LogP contribution is 2.46. The van der Waals surface area contributed by atoms with E-state index >= 15 is 0 Å². The molecule has 4 nitrogen and oxygen atoms in total. The maximum Gasteiger partial charge on any atom is 0.328 e. The van der Waals surface area contributed by atoms with E-state index in [0.717, 1.165) is 41.2 Å². The molecule has 5 heteroatoms. The van der Waals surface area contributed by atoms with Crippen LogP contribution in [0.1, 0.15) is 47.1 Å². The number of aliphatic carboxylic acids is 1. The zero-order chi connectivity index (χ0) is 23.7. The zero-order valence-corrected chi connectivity index (χ0v) is 18.9. The molecule has 1 fully saturated rings. The van der Waals surface area contributed by atoms with Crippen molar-refractivity contribution in [2.24, 2.45) is 5.92 Å². The van der Waals surface area contributed by atoms with Crippen LogP contribution in [0.5, 0.6) is 0 Å². The van der Waals surface area contributed by atoms with Gasteiger partial charge in [0.2, 0.25) is 5.95 Å². The van der Waals surface area contributed by atoms with Crippen molar-refractivity contribution in [3.05, 3.63) is 107 Å². The van der Waals surface area contributed by atoms with Crippen LogP contribution in [0.25, 0.3) is 28.1 Å². The highest BCUT2D eigenvalue weighted by Gasteiger charge is 2.28. The van der Waals surface area contributed by atoms with E-state index in [1.54, 1.807) is 6.08 Å². The van der Waals surface area contributed by atoms with Gasteiger partial charge < -0.3 is 5.11 Å². The lowest BCUT2D eigenvalue weighted by Crippen LogP contribution is -2.15. The van der Waals surface area contributed by atoms with Gasteiger partial charge in [-0.25, -0.2) is 4.79 Å². The summed E-state index contributed by atoms with van der Waals surface area (Å²) in [6, 6.07) is 22.1. The van der Waals surface area contributed by atoms with E-state index in [4.69, 9.17) is 5.11 Å². The quantitative estimate of drug-likeness (QED) is 0.248. The lowest BCUT2D eigenvalue weighted by atomic mass is 9.72. The van der Waals surface area contributed by atoms with Crippen molar-refractivity contribution in [3.63, 3.8) is 0 Å². The molecule has 34 heavy (non-hydrogen) atoms. The molecular weight excluding hydrogens is 427 g/mol. The Morgan fingerprint density at radius 3 is 2.47 bits per heavy atom. The molecular formula is C29H25FN2O2. The van der Waals surface area contributed by atoms with Crippen LogP contribution in [-0.2, 0) is 4.79 Å². The van der Waals surface area contributed by atoms with Gasteiger partial charge in [-0.2, -0.15) is 4.39 Å². The van der Waals surface area contributed by atoms with Crippen LogP contribution < -0.4 is 0 Å². The Labute approximate surface area is 197 Å². The van der Waals surface area contributed by atoms with Gasteiger partial charge in [0.25, 0.3) is 0 Å². The number of benzene rings is 3. The summed E-state index contributed by atoms with van der Waals surface area (Å²) in [6.45, 7) is 2.13. The Balaban J connectivity index is 1.76. The summed E-state index contributed by atoms with van der Waals surface area (Å²) in [6.07, 6.45) is 6.15. The Hall–Kier alpha value is -3.99. The van der Waals surface area contributed by atoms with Gasteiger partial charge >= 0.3 is 5.97 Å². The van der Waals surface area contributed by atoms with E-state index in [2.05, 4.69) is 35.3 Å². The lowest BCUT2D eigenvalue weighted by Gasteiger charge is -2.32. The minimum absolute atomic E-state index is 0.424. The number of nitrogens with zero attached hydrogens (tertiary/aromatic N) is 1. The monoisotopic (exact) mass is 452 g/mol. The number of halogens is 1. The van der Waals surface area contributed by atoms with Gasteiger partial charge in [0.1, 0.15) is 0 Å². The Morgan fingerprint density at radius 1 is 1.06 bits per heavy atom. The number of aromatic nitrogens is 2. The van der Waals surface area contributed by atoms with Crippen molar-refractivity contribution >= 4 is 34.1 Å². The van der Waals surface area contributed by atoms with Crippen LogP contribution in [0, 0.1) is 18.8 Å². The van der Waals surface area contributed by atoms with Gasteiger partial charge in [-0.05, 0) is 82.9 Å². The van der Waals surface area contributed by atoms with E-state index < -0.39 is 11.9 Å². The predicted octanol–water partition coefficient (Wildman–Crippen LogP) is 6.87. The van der Waals surface area contributed by atoms with Crippen molar-refractivity contribution < 1.29 is 14.3 Å². The SMILES string of the molecule is Cc1ccccc1/C(=C(\c1ccc(/C=C/C(=O)O)cc1)c1ccc2[nH]nc(F)c2c1)C1CCC1. The number of nitrogens with one attached hydrogen (secondary N) is 1. The van der Waals surface area contributed by atoms with Gasteiger partial charge in [0.05, 0.1) is 10.9 Å². The topological polar surface area (TPSA) is 66.0 Å². The summed E-state index contributed by atoms with van der Waals surface area (Å²) in [5.74, 6) is -1.06. The molecule has 4 aromatic rings. The molecule has 5 rings (SSSR count). The number of aryl methyl sites for hydroxylation is 1. The molecule has 1 aliphatic rings. The van der Waals surface area contributed by atoms with Gasteiger partial charge in [-0.3, -0.25) is 5.10 Å². The molecule has 0 saturated heterocycles. The van der Waals surface area contributed by atoms with E-state index in [9.17, 15) is 9.18 Å². The number of carboxylic acids is 1. The zero-order valence-electron chi connectivity index (χ0n) is 18.9. The summed E-state index contributed by atoms with van der Waals surface area (Å²) >= 11 is 0. The van der Waals surface area contributed by atoms with Gasteiger partial charge in [-0.1, -0.05) is 61.0 Å². The molecule has 3 aromatic carbocycles. The Bertz CT molecular complexity index is 1430. The second kappa shape index (κ2) is 9.10. The number of aromatic amines is 1. The first-order valence-corrected chi connectivity index (χ1v) is 11.5. The molecule has 2 N–H and O–H groups in total. The second-order valence-electron chi connectivity index (χ2n) is 8.80. The number of hydrogen-bond donors (Lipinski definition) is 2. The fourth-order valence-electron chi connectivity index (χ4n) is 4.67. The van der Waals surface area contributed by atoms with Gasteiger partial charge in [-0.15, -0.1) is 5.10 Å². The third-order valence-electron chi connectivity index (χ3n) is 6.64. The average Bonchev–Trinajstić information content (AvgIpc) is 3.17. The molecule has 1 saturated carbocycles. The van der Waals surface area contributed by atoms with E-state index in [-0.39, 0.29) is 0 Å². The molecule has 0 unspecified atom stereocenters. The number of carbonyl (C=O) groups is 1. The molecule has 170 valence electrons. The maximum absolute atomic E-state index is 14.4. The van der Waals surface area contributed by atoms with Crippen LogP contribution >= 0.6 is 0 Å². The predicted molar refractivity (Wildman–Crippen MR) is 134 cm³/mol. The fourth-order valence-corrected chi connectivity index (χ4v) is 4.67. The van der Waals surface area contributed by atoms with E-state index in [1.807, 2.05) is 48.5 Å². The highest BCUT2D eigenvalue weighted by atomic mass is 19.1. The van der Waals surface area contributed by atoms with Crippen LogP contribution in [0.2, 0.25) is 0 Å². The molecule has 0 aliphatic heterocycles. The number of rotatable bonds is 6. The van der Waals surface area contributed by atoms with Gasteiger partial charge in [0, 0.05) is 6.08 Å². The second-order valence-corrected chi connectivity index (χ2v) is 8.80. The van der Waals surface area contributed by atoms with Crippen molar-refractivity contribution in [1.82, 2.24) is 10.2 Å². The molecule has 1 aliphatic carbocycles. The highest BCUT2D eigenvalue weighted by molar-refractivity contribution is 6.01. The smallest absolute Gasteiger partial charge is 0.328 e. The minimum atomic E-state index is -0.980. The van der Waals surface area contributed by atoms with Crippen LogP contribution in [-0.4, -0.2) is 21.3 Å². The maximum atomic E-state index is 14.4. The first-order valence-electron chi connectivity index (χ1n) is 11.5. The molecule has 0 bridgehead atoms. The van der Waals surface area contributed by atoms with Crippen molar-refractivity contribution in [1.29, 1.82) is 0 Å². The number of fused-ring (bicyclic) bond motifs is 1. The van der Waals surface area contributed by atoms with Crippen molar-refractivity contribution in [2.75, 3.05) is 0 Å². The van der Waals surface area contributed by atoms with E-state index in [1.165, 1.54) is 23.1 Å². The Kier molecular flexibility index (Phi) is 5.84. The molecule has 0 spiro atoms. The Morgan fingerprint density at radius 2 is 1.79 bits per heavy atom. The van der Waals surface area contributed by atoms with Crippen molar-refractivity contribution in [3.8, 4) is 0 Å². The summed E-state index contributed by atoms with van der Waals surface area (Å²) in [5.41, 5.74) is 8.20. The van der Waals surface area contributed by atoms with E-state index in [0.29, 0.717) is 16.8 Å². The van der Waals surface area contributed by atoms with Crippen LogP contribution in [0.3, 0.4) is 0 Å². The molecule has 0 amide bonds. The van der Waals surface area contributed by atoms with Crippen LogP contribution in [0.15, 0.2) is 72.8 Å². The molecule has 1 aromatic heterocycles.